The molecule has 0 aliphatic carbocycles. The van der Waals surface area contributed by atoms with Gasteiger partial charge in [-0.15, -0.1) is 0 Å². The average molecular weight is 377 g/mol. The van der Waals surface area contributed by atoms with E-state index in [9.17, 15) is 23.1 Å². The Morgan fingerprint density at radius 3 is 2.48 bits per heavy atom. The third-order valence-electron chi connectivity index (χ3n) is 4.21. The number of aryl methyl sites for hydroxylation is 1. The maximum atomic E-state index is 12.5. The van der Waals surface area contributed by atoms with Crippen molar-refractivity contribution in [3.63, 3.8) is 0 Å². The highest BCUT2D eigenvalue weighted by Gasteiger charge is 2.30. The summed E-state index contributed by atoms with van der Waals surface area (Å²) >= 11 is 0. The molecule has 3 N–H and O–H groups in total. The third kappa shape index (κ3) is 4.22. The predicted octanol–water partition coefficient (Wildman–Crippen LogP) is 4.05. The van der Waals surface area contributed by atoms with Crippen LogP contribution < -0.4 is 10.6 Å². The van der Waals surface area contributed by atoms with Crippen LogP contribution in [0.1, 0.15) is 17.2 Å². The first-order valence-electron chi connectivity index (χ1n) is 8.20. The van der Waals surface area contributed by atoms with Crippen molar-refractivity contribution >= 4 is 22.6 Å². The molecule has 3 aromatic rings. The van der Waals surface area contributed by atoms with Crippen LogP contribution in [-0.4, -0.2) is 22.2 Å². The van der Waals surface area contributed by atoms with Gasteiger partial charge in [0.15, 0.2) is 0 Å². The Balaban J connectivity index is 1.60. The fraction of sp³-hybridized carbons (Fsp3) is 0.211. The number of carbonyl (C=O) groups excluding carboxylic acids is 1. The van der Waals surface area contributed by atoms with Crippen molar-refractivity contribution in [2.24, 2.45) is 7.05 Å². The van der Waals surface area contributed by atoms with Gasteiger partial charge in [0.1, 0.15) is 0 Å². The summed E-state index contributed by atoms with van der Waals surface area (Å²) in [6, 6.07) is 11.1. The van der Waals surface area contributed by atoms with Crippen molar-refractivity contribution < 1.29 is 23.1 Å². The van der Waals surface area contributed by atoms with Crippen molar-refractivity contribution in [1.29, 1.82) is 0 Å². The number of anilines is 1. The standard InChI is InChI=1S/C19H18F3N3O2/c1-25-11-15(14-4-2-3-5-16(14)25)17(26)10-23-18(27)24-13-8-6-12(7-9-13)19(20,21)22/h2-9,11,17,26H,10H2,1H3,(H2,23,24,27)/t17-/m1/s1. The minimum absolute atomic E-state index is 0.0412. The third-order valence-corrected chi connectivity index (χ3v) is 4.21. The molecule has 0 bridgehead atoms. The van der Waals surface area contributed by atoms with E-state index in [-0.39, 0.29) is 12.2 Å². The number of hydrogen-bond donors (Lipinski definition) is 3. The van der Waals surface area contributed by atoms with Gasteiger partial charge in [-0.2, -0.15) is 13.2 Å². The summed E-state index contributed by atoms with van der Waals surface area (Å²) in [6.45, 7) is -0.0412. The minimum atomic E-state index is -4.43. The summed E-state index contributed by atoms with van der Waals surface area (Å²) < 4.78 is 39.5. The number of halogens is 3. The van der Waals surface area contributed by atoms with Crippen LogP contribution in [0.25, 0.3) is 10.9 Å². The number of amides is 2. The fourth-order valence-electron chi connectivity index (χ4n) is 2.86. The van der Waals surface area contributed by atoms with Crippen LogP contribution in [-0.2, 0) is 13.2 Å². The van der Waals surface area contributed by atoms with Crippen molar-refractivity contribution in [2.75, 3.05) is 11.9 Å². The molecule has 3 rings (SSSR count). The summed E-state index contributed by atoms with van der Waals surface area (Å²) in [5.74, 6) is 0. The number of aliphatic hydroxyl groups is 1. The Bertz CT molecular complexity index is 949. The number of hydrogen-bond acceptors (Lipinski definition) is 2. The molecule has 0 fully saturated rings. The Kier molecular flexibility index (Phi) is 5.09. The van der Waals surface area contributed by atoms with Gasteiger partial charge in [-0.25, -0.2) is 4.79 Å². The molecule has 0 aliphatic rings. The first kappa shape index (κ1) is 18.8. The smallest absolute Gasteiger partial charge is 0.386 e. The zero-order valence-corrected chi connectivity index (χ0v) is 14.4. The SMILES string of the molecule is Cn1cc([C@H](O)CNC(=O)Nc2ccc(C(F)(F)F)cc2)c2ccccc21. The molecule has 0 saturated heterocycles. The maximum absolute atomic E-state index is 12.5. The van der Waals surface area contributed by atoms with E-state index in [1.807, 2.05) is 35.9 Å². The molecule has 2 aromatic carbocycles. The lowest BCUT2D eigenvalue weighted by Crippen LogP contribution is -2.32. The van der Waals surface area contributed by atoms with E-state index in [4.69, 9.17) is 0 Å². The second-order valence-electron chi connectivity index (χ2n) is 6.14. The fourth-order valence-corrected chi connectivity index (χ4v) is 2.86. The average Bonchev–Trinajstić information content (AvgIpc) is 2.97. The van der Waals surface area contributed by atoms with Gasteiger partial charge in [0.05, 0.1) is 11.7 Å². The van der Waals surface area contributed by atoms with E-state index in [0.29, 0.717) is 5.56 Å². The van der Waals surface area contributed by atoms with Crippen molar-refractivity contribution in [3.05, 3.63) is 65.9 Å². The Hall–Kier alpha value is -3.00. The van der Waals surface area contributed by atoms with E-state index < -0.39 is 23.9 Å². The zero-order valence-electron chi connectivity index (χ0n) is 14.4. The molecule has 0 unspecified atom stereocenters. The van der Waals surface area contributed by atoms with Crippen LogP contribution >= 0.6 is 0 Å². The number of carbonyl (C=O) groups is 1. The summed E-state index contributed by atoms with van der Waals surface area (Å²) in [7, 11) is 1.86. The van der Waals surface area contributed by atoms with Gasteiger partial charge in [-0.1, -0.05) is 18.2 Å². The second-order valence-corrected chi connectivity index (χ2v) is 6.14. The Morgan fingerprint density at radius 1 is 1.15 bits per heavy atom. The predicted molar refractivity (Wildman–Crippen MR) is 96.3 cm³/mol. The maximum Gasteiger partial charge on any atom is 0.416 e. The zero-order chi connectivity index (χ0) is 19.6. The summed E-state index contributed by atoms with van der Waals surface area (Å²) in [5, 5.41) is 16.2. The van der Waals surface area contributed by atoms with Gasteiger partial charge in [0, 0.05) is 41.9 Å². The molecule has 0 saturated carbocycles. The van der Waals surface area contributed by atoms with Crippen LogP contribution in [0.5, 0.6) is 0 Å². The molecule has 0 radical (unpaired) electrons. The number of urea groups is 1. The summed E-state index contributed by atoms with van der Waals surface area (Å²) in [6.07, 6.45) is -3.55. The second kappa shape index (κ2) is 7.32. The molecule has 142 valence electrons. The first-order chi connectivity index (χ1) is 12.8. The van der Waals surface area contributed by atoms with Crippen LogP contribution in [0.2, 0.25) is 0 Å². The summed E-state index contributed by atoms with van der Waals surface area (Å²) in [5.41, 5.74) is 1.07. The van der Waals surface area contributed by atoms with Gasteiger partial charge in [0.2, 0.25) is 0 Å². The van der Waals surface area contributed by atoms with Gasteiger partial charge in [0.25, 0.3) is 0 Å². The Morgan fingerprint density at radius 2 is 1.81 bits per heavy atom. The van der Waals surface area contributed by atoms with E-state index in [1.165, 1.54) is 12.1 Å². The summed E-state index contributed by atoms with van der Waals surface area (Å²) in [4.78, 5) is 11.9. The van der Waals surface area contributed by atoms with Gasteiger partial charge < -0.3 is 20.3 Å². The number of para-hydroxylation sites is 1. The van der Waals surface area contributed by atoms with Crippen molar-refractivity contribution in [1.82, 2.24) is 9.88 Å². The quantitative estimate of drug-likeness (QED) is 0.642. The molecule has 8 heteroatoms. The Labute approximate surface area is 153 Å². The number of fused-ring (bicyclic) bond motifs is 1. The number of nitrogens with one attached hydrogen (secondary N) is 2. The molecule has 5 nitrogen and oxygen atoms in total. The van der Waals surface area contributed by atoms with Gasteiger partial charge in [-0.05, 0) is 30.3 Å². The molecule has 2 amide bonds. The van der Waals surface area contributed by atoms with Crippen LogP contribution in [0, 0.1) is 0 Å². The first-order valence-corrected chi connectivity index (χ1v) is 8.20. The molecule has 1 atom stereocenters. The number of alkyl halides is 3. The van der Waals surface area contributed by atoms with Crippen LogP contribution in [0.3, 0.4) is 0 Å². The number of aliphatic hydroxyl groups excluding tert-OH is 1. The molecular formula is C19H18F3N3O2. The van der Waals surface area contributed by atoms with Crippen LogP contribution in [0.15, 0.2) is 54.7 Å². The number of nitrogens with zero attached hydrogens (tertiary/aromatic N) is 1. The van der Waals surface area contributed by atoms with Gasteiger partial charge in [-0.3, -0.25) is 0 Å². The van der Waals surface area contributed by atoms with E-state index >= 15 is 0 Å². The highest BCUT2D eigenvalue weighted by Crippen LogP contribution is 2.30. The number of benzene rings is 2. The molecule has 1 aromatic heterocycles. The normalized spacial score (nSPS) is 12.8. The highest BCUT2D eigenvalue weighted by molar-refractivity contribution is 5.89. The lowest BCUT2D eigenvalue weighted by Gasteiger charge is -2.13. The monoisotopic (exact) mass is 377 g/mol. The molecule has 1 heterocycles. The number of rotatable bonds is 4. The highest BCUT2D eigenvalue weighted by atomic mass is 19.4. The van der Waals surface area contributed by atoms with E-state index in [0.717, 1.165) is 23.0 Å². The number of aromatic nitrogens is 1. The molecular weight excluding hydrogens is 359 g/mol. The van der Waals surface area contributed by atoms with Gasteiger partial charge >= 0.3 is 12.2 Å². The topological polar surface area (TPSA) is 66.3 Å². The van der Waals surface area contributed by atoms with Crippen LogP contribution in [0.4, 0.5) is 23.7 Å². The lowest BCUT2D eigenvalue weighted by atomic mass is 10.1. The largest absolute Gasteiger partial charge is 0.416 e. The lowest BCUT2D eigenvalue weighted by molar-refractivity contribution is -0.137. The molecule has 27 heavy (non-hydrogen) atoms. The van der Waals surface area contributed by atoms with Crippen molar-refractivity contribution in [3.8, 4) is 0 Å². The van der Waals surface area contributed by atoms with E-state index in [2.05, 4.69) is 10.6 Å². The molecule has 0 aliphatic heterocycles. The van der Waals surface area contributed by atoms with E-state index in [1.54, 1.807) is 6.20 Å². The minimum Gasteiger partial charge on any atom is -0.386 e. The van der Waals surface area contributed by atoms with Crippen molar-refractivity contribution in [2.45, 2.75) is 12.3 Å². The molecule has 0 spiro atoms.